The van der Waals surface area contributed by atoms with E-state index < -0.39 is 0 Å². The van der Waals surface area contributed by atoms with E-state index in [2.05, 4.69) is 4.98 Å². The molecule has 0 saturated carbocycles. The number of carbonyl (C=O) groups excluding carboxylic acids is 1. The molecule has 21 heavy (non-hydrogen) atoms. The summed E-state index contributed by atoms with van der Waals surface area (Å²) in [5.41, 5.74) is 2.42. The van der Waals surface area contributed by atoms with Crippen LogP contribution in [0.1, 0.15) is 0 Å². The highest BCUT2D eigenvalue weighted by atomic mass is 32.2. The van der Waals surface area contributed by atoms with Gasteiger partial charge in [-0.1, -0.05) is 42.1 Å². The molecule has 0 atom stereocenters. The van der Waals surface area contributed by atoms with Gasteiger partial charge in [0.15, 0.2) is 5.58 Å². The van der Waals surface area contributed by atoms with Gasteiger partial charge in [-0.25, -0.2) is 4.98 Å². The molecule has 4 nitrogen and oxygen atoms in total. The first kappa shape index (κ1) is 13.7. The molecule has 1 heterocycles. The van der Waals surface area contributed by atoms with Crippen LogP contribution in [0.4, 0.5) is 5.69 Å². The number of carbonyl (C=O) groups is 1. The predicted molar refractivity (Wildman–Crippen MR) is 84.6 cm³/mol. The normalized spacial score (nSPS) is 10.7. The van der Waals surface area contributed by atoms with Crippen LogP contribution in [-0.2, 0) is 4.79 Å². The van der Waals surface area contributed by atoms with Crippen LogP contribution in [0.25, 0.3) is 11.1 Å². The van der Waals surface area contributed by atoms with Crippen molar-refractivity contribution in [2.45, 2.75) is 5.22 Å². The van der Waals surface area contributed by atoms with Gasteiger partial charge in [0.05, 0.1) is 5.75 Å². The van der Waals surface area contributed by atoms with Crippen molar-refractivity contribution in [3.8, 4) is 0 Å². The van der Waals surface area contributed by atoms with Crippen molar-refractivity contribution in [2.75, 3.05) is 17.7 Å². The molecule has 0 radical (unpaired) electrons. The number of rotatable bonds is 4. The Hall–Kier alpha value is -2.27. The Morgan fingerprint density at radius 1 is 1.14 bits per heavy atom. The lowest BCUT2D eigenvalue weighted by Gasteiger charge is -2.16. The highest BCUT2D eigenvalue weighted by molar-refractivity contribution is 7.99. The van der Waals surface area contributed by atoms with E-state index in [1.54, 1.807) is 11.9 Å². The van der Waals surface area contributed by atoms with Gasteiger partial charge < -0.3 is 9.32 Å². The summed E-state index contributed by atoms with van der Waals surface area (Å²) < 4.78 is 5.58. The Morgan fingerprint density at radius 2 is 1.86 bits per heavy atom. The van der Waals surface area contributed by atoms with Crippen LogP contribution in [0, 0.1) is 0 Å². The summed E-state index contributed by atoms with van der Waals surface area (Å²) in [7, 11) is 1.77. The number of aromatic nitrogens is 1. The third-order valence-corrected chi connectivity index (χ3v) is 3.92. The van der Waals surface area contributed by atoms with Crippen LogP contribution in [-0.4, -0.2) is 23.7 Å². The second kappa shape index (κ2) is 6.01. The molecule has 0 aliphatic heterocycles. The number of benzene rings is 2. The van der Waals surface area contributed by atoms with Gasteiger partial charge in [-0.3, -0.25) is 4.79 Å². The zero-order valence-electron chi connectivity index (χ0n) is 11.5. The molecule has 0 bridgehead atoms. The monoisotopic (exact) mass is 298 g/mol. The minimum atomic E-state index is 0.00783. The number of nitrogens with zero attached hydrogens (tertiary/aromatic N) is 2. The lowest BCUT2D eigenvalue weighted by atomic mass is 10.3. The number of hydrogen-bond acceptors (Lipinski definition) is 4. The van der Waals surface area contributed by atoms with Crippen LogP contribution >= 0.6 is 11.8 Å². The molecule has 0 N–H and O–H groups in total. The molecule has 3 rings (SSSR count). The Morgan fingerprint density at radius 3 is 2.62 bits per heavy atom. The second-order valence-corrected chi connectivity index (χ2v) is 5.45. The van der Waals surface area contributed by atoms with Crippen LogP contribution in [0.3, 0.4) is 0 Å². The lowest BCUT2D eigenvalue weighted by Crippen LogP contribution is -2.27. The van der Waals surface area contributed by atoms with Crippen LogP contribution < -0.4 is 4.90 Å². The van der Waals surface area contributed by atoms with Gasteiger partial charge in [-0.15, -0.1) is 0 Å². The number of oxazole rings is 1. The summed E-state index contributed by atoms with van der Waals surface area (Å²) in [5, 5.41) is 0.519. The smallest absolute Gasteiger partial charge is 0.257 e. The van der Waals surface area contributed by atoms with Crippen molar-refractivity contribution >= 4 is 34.5 Å². The number of para-hydroxylation sites is 3. The Labute approximate surface area is 126 Å². The highest BCUT2D eigenvalue weighted by Crippen LogP contribution is 2.23. The molecule has 106 valence electrons. The first-order valence-corrected chi connectivity index (χ1v) is 7.52. The molecule has 3 aromatic rings. The van der Waals surface area contributed by atoms with E-state index in [9.17, 15) is 4.79 Å². The molecule has 2 aromatic carbocycles. The van der Waals surface area contributed by atoms with Gasteiger partial charge in [0.2, 0.25) is 5.91 Å². The van der Waals surface area contributed by atoms with E-state index in [1.165, 1.54) is 11.8 Å². The van der Waals surface area contributed by atoms with Crippen molar-refractivity contribution in [3.05, 3.63) is 54.6 Å². The first-order chi connectivity index (χ1) is 10.2. The summed E-state index contributed by atoms with van der Waals surface area (Å²) in [4.78, 5) is 18.1. The van der Waals surface area contributed by atoms with E-state index in [-0.39, 0.29) is 11.7 Å². The predicted octanol–water partition coefficient (Wildman–Crippen LogP) is 3.58. The zero-order chi connectivity index (χ0) is 14.7. The molecule has 0 aliphatic rings. The molecule has 0 saturated heterocycles. The third kappa shape index (κ3) is 3.08. The highest BCUT2D eigenvalue weighted by Gasteiger charge is 2.13. The average Bonchev–Trinajstić information content (AvgIpc) is 2.95. The molecular weight excluding hydrogens is 284 g/mol. The lowest BCUT2D eigenvalue weighted by molar-refractivity contribution is -0.115. The maximum absolute atomic E-state index is 12.2. The van der Waals surface area contributed by atoms with E-state index in [0.717, 1.165) is 16.8 Å². The fraction of sp³-hybridized carbons (Fsp3) is 0.125. The summed E-state index contributed by atoms with van der Waals surface area (Å²) in [6.07, 6.45) is 0. The Balaban J connectivity index is 1.65. The van der Waals surface area contributed by atoms with Crippen molar-refractivity contribution in [3.63, 3.8) is 0 Å². The summed E-state index contributed by atoms with van der Waals surface area (Å²) in [5.74, 6) is 0.298. The van der Waals surface area contributed by atoms with Crippen LogP contribution in [0.5, 0.6) is 0 Å². The maximum Gasteiger partial charge on any atom is 0.257 e. The molecule has 1 aromatic heterocycles. The number of amides is 1. The van der Waals surface area contributed by atoms with Gasteiger partial charge in [-0.05, 0) is 24.3 Å². The van der Waals surface area contributed by atoms with E-state index in [4.69, 9.17) is 4.42 Å². The maximum atomic E-state index is 12.2. The van der Waals surface area contributed by atoms with Gasteiger partial charge >= 0.3 is 0 Å². The van der Waals surface area contributed by atoms with Gasteiger partial charge in [0.1, 0.15) is 5.52 Å². The summed E-state index contributed by atoms with van der Waals surface area (Å²) in [6, 6.07) is 17.1. The largest absolute Gasteiger partial charge is 0.431 e. The quantitative estimate of drug-likeness (QED) is 0.691. The third-order valence-electron chi connectivity index (χ3n) is 3.11. The average molecular weight is 298 g/mol. The summed E-state index contributed by atoms with van der Waals surface area (Å²) >= 11 is 1.31. The molecule has 0 fully saturated rings. The molecule has 0 aliphatic carbocycles. The SMILES string of the molecule is CN(C(=O)CSc1nc2ccccc2o1)c1ccccc1. The van der Waals surface area contributed by atoms with Gasteiger partial charge in [0.25, 0.3) is 5.22 Å². The number of fused-ring (bicyclic) bond motifs is 1. The van der Waals surface area contributed by atoms with Gasteiger partial charge in [-0.2, -0.15) is 0 Å². The minimum Gasteiger partial charge on any atom is -0.431 e. The van der Waals surface area contributed by atoms with E-state index in [0.29, 0.717) is 5.22 Å². The standard InChI is InChI=1S/C16H14N2O2S/c1-18(12-7-3-2-4-8-12)15(19)11-21-16-17-13-9-5-6-10-14(13)20-16/h2-10H,11H2,1H3. The van der Waals surface area contributed by atoms with Gasteiger partial charge in [0, 0.05) is 12.7 Å². The van der Waals surface area contributed by atoms with Crippen LogP contribution in [0.2, 0.25) is 0 Å². The topological polar surface area (TPSA) is 46.3 Å². The zero-order valence-corrected chi connectivity index (χ0v) is 12.3. The summed E-state index contributed by atoms with van der Waals surface area (Å²) in [6.45, 7) is 0. The van der Waals surface area contributed by atoms with E-state index in [1.807, 2.05) is 54.6 Å². The van der Waals surface area contributed by atoms with E-state index >= 15 is 0 Å². The van der Waals surface area contributed by atoms with Crippen LogP contribution in [0.15, 0.2) is 64.2 Å². The molecule has 1 amide bonds. The second-order valence-electron chi connectivity index (χ2n) is 4.52. The van der Waals surface area contributed by atoms with Crippen molar-refractivity contribution in [1.29, 1.82) is 0 Å². The molecule has 0 unspecified atom stereocenters. The van der Waals surface area contributed by atoms with Crippen molar-refractivity contribution in [1.82, 2.24) is 4.98 Å². The Bertz CT molecular complexity index is 722. The molecule has 0 spiro atoms. The van der Waals surface area contributed by atoms with Crippen molar-refractivity contribution < 1.29 is 9.21 Å². The fourth-order valence-electron chi connectivity index (χ4n) is 1.93. The Kier molecular flexibility index (Phi) is 3.92. The van der Waals surface area contributed by atoms with Crippen molar-refractivity contribution in [2.24, 2.45) is 0 Å². The first-order valence-electron chi connectivity index (χ1n) is 6.54. The fourth-order valence-corrected chi connectivity index (χ4v) is 2.68. The number of anilines is 1. The molecular formula is C16H14N2O2S. The minimum absolute atomic E-state index is 0.00783. The number of thioether (sulfide) groups is 1. The number of hydrogen-bond donors (Lipinski definition) is 0. The molecule has 5 heteroatoms.